The van der Waals surface area contributed by atoms with E-state index in [2.05, 4.69) is 17.0 Å². The highest BCUT2D eigenvalue weighted by Gasteiger charge is 2.15. The Morgan fingerprint density at radius 3 is 2.62 bits per heavy atom. The Hall–Kier alpha value is -1.79. The summed E-state index contributed by atoms with van der Waals surface area (Å²) in [5.41, 5.74) is 2.00. The van der Waals surface area contributed by atoms with Gasteiger partial charge in [-0.05, 0) is 31.0 Å². The highest BCUT2D eigenvalue weighted by molar-refractivity contribution is 7.99. The second kappa shape index (κ2) is 7.40. The fraction of sp³-hybridized carbons (Fsp3) is 0.353. The molecule has 0 aliphatic carbocycles. The van der Waals surface area contributed by atoms with Gasteiger partial charge in [-0.1, -0.05) is 42.4 Å². The van der Waals surface area contributed by atoms with Crippen LogP contribution in [0.2, 0.25) is 5.02 Å². The van der Waals surface area contributed by atoms with Crippen molar-refractivity contribution in [1.29, 1.82) is 0 Å². The number of hydrogen-bond donors (Lipinski definition) is 0. The molecule has 0 unspecified atom stereocenters. The molecule has 0 atom stereocenters. The van der Waals surface area contributed by atoms with Gasteiger partial charge in [0.15, 0.2) is 10.7 Å². The van der Waals surface area contributed by atoms with E-state index >= 15 is 0 Å². The first-order chi connectivity index (χ1) is 11.6. The van der Waals surface area contributed by atoms with Crippen LogP contribution in [0.1, 0.15) is 25.8 Å². The molecule has 3 rings (SSSR count). The molecule has 0 aliphatic rings. The van der Waals surface area contributed by atoms with Crippen LogP contribution in [0.15, 0.2) is 40.4 Å². The summed E-state index contributed by atoms with van der Waals surface area (Å²) in [5.74, 6) is 0.917. The zero-order valence-electron chi connectivity index (χ0n) is 13.7. The van der Waals surface area contributed by atoms with E-state index in [0.717, 1.165) is 22.9 Å². The van der Waals surface area contributed by atoms with E-state index in [1.807, 2.05) is 37.4 Å². The summed E-state index contributed by atoms with van der Waals surface area (Å²) in [4.78, 5) is 17.6. The first kappa shape index (κ1) is 17.0. The number of aryl methyl sites for hydroxylation is 1. The molecule has 1 aromatic carbocycles. The van der Waals surface area contributed by atoms with Crippen molar-refractivity contribution >= 4 is 34.4 Å². The van der Waals surface area contributed by atoms with E-state index < -0.39 is 0 Å². The minimum Gasteiger partial charge on any atom is -0.281 e. The molecule has 24 heavy (non-hydrogen) atoms. The monoisotopic (exact) mass is 362 g/mol. The molecule has 0 radical (unpaired) electrons. The molecule has 0 spiro atoms. The summed E-state index contributed by atoms with van der Waals surface area (Å²) in [6.45, 7) is 5.28. The normalized spacial score (nSPS) is 11.3. The standard InChI is InChI=1S/C17H19ClN4OS/c1-3-9-24-17-19-14-11-21(4-2)20-15(14)16(23)22(17)10-12-5-7-13(18)8-6-12/h5-8,11H,3-4,9-10H2,1-2H3. The number of aromatic nitrogens is 4. The molecule has 0 amide bonds. The Bertz CT molecular complexity index is 901. The van der Waals surface area contributed by atoms with Crippen LogP contribution < -0.4 is 5.56 Å². The number of benzene rings is 1. The number of fused-ring (bicyclic) bond motifs is 1. The SMILES string of the molecule is CCCSc1nc2cn(CC)nc2c(=O)n1Cc1ccc(Cl)cc1. The van der Waals surface area contributed by atoms with E-state index in [1.54, 1.807) is 21.0 Å². The number of nitrogens with zero attached hydrogens (tertiary/aromatic N) is 4. The molecule has 2 aromatic heterocycles. The van der Waals surface area contributed by atoms with Gasteiger partial charge < -0.3 is 0 Å². The number of rotatable bonds is 6. The summed E-state index contributed by atoms with van der Waals surface area (Å²) in [7, 11) is 0. The van der Waals surface area contributed by atoms with Crippen molar-refractivity contribution in [2.24, 2.45) is 0 Å². The van der Waals surface area contributed by atoms with E-state index in [0.29, 0.717) is 29.1 Å². The predicted molar refractivity (Wildman–Crippen MR) is 99.0 cm³/mol. The Balaban J connectivity index is 2.09. The lowest BCUT2D eigenvalue weighted by molar-refractivity contribution is 0.650. The van der Waals surface area contributed by atoms with Crippen LogP contribution >= 0.6 is 23.4 Å². The largest absolute Gasteiger partial charge is 0.282 e. The lowest BCUT2D eigenvalue weighted by atomic mass is 10.2. The van der Waals surface area contributed by atoms with Crippen LogP contribution in [0.25, 0.3) is 11.0 Å². The number of thioether (sulfide) groups is 1. The third-order valence-corrected chi connectivity index (χ3v) is 5.08. The molecule has 7 heteroatoms. The molecule has 0 saturated carbocycles. The summed E-state index contributed by atoms with van der Waals surface area (Å²) < 4.78 is 3.46. The average Bonchev–Trinajstić information content (AvgIpc) is 3.01. The predicted octanol–water partition coefficient (Wildman–Crippen LogP) is 3.82. The first-order valence-corrected chi connectivity index (χ1v) is 9.34. The smallest absolute Gasteiger partial charge is 0.281 e. The molecular formula is C17H19ClN4OS. The van der Waals surface area contributed by atoms with Gasteiger partial charge >= 0.3 is 0 Å². The van der Waals surface area contributed by atoms with Crippen LogP contribution in [0.3, 0.4) is 0 Å². The maximum atomic E-state index is 12.9. The molecule has 0 N–H and O–H groups in total. The van der Waals surface area contributed by atoms with Crippen molar-refractivity contribution in [3.63, 3.8) is 0 Å². The van der Waals surface area contributed by atoms with Gasteiger partial charge in [0, 0.05) is 17.3 Å². The molecule has 5 nitrogen and oxygen atoms in total. The summed E-state index contributed by atoms with van der Waals surface area (Å²) >= 11 is 7.55. The van der Waals surface area contributed by atoms with E-state index in [1.165, 1.54) is 0 Å². The van der Waals surface area contributed by atoms with Gasteiger partial charge in [-0.15, -0.1) is 0 Å². The topological polar surface area (TPSA) is 52.7 Å². The second-order valence-corrected chi connectivity index (χ2v) is 6.98. The maximum Gasteiger partial charge on any atom is 0.282 e. The maximum absolute atomic E-state index is 12.9. The van der Waals surface area contributed by atoms with E-state index in [4.69, 9.17) is 11.6 Å². The summed E-state index contributed by atoms with van der Waals surface area (Å²) in [6, 6.07) is 7.52. The zero-order valence-corrected chi connectivity index (χ0v) is 15.3. The zero-order chi connectivity index (χ0) is 17.1. The van der Waals surface area contributed by atoms with Gasteiger partial charge in [0.25, 0.3) is 5.56 Å². The molecule has 0 bridgehead atoms. The van der Waals surface area contributed by atoms with Gasteiger partial charge in [0.1, 0.15) is 5.52 Å². The van der Waals surface area contributed by atoms with E-state index in [-0.39, 0.29) is 5.56 Å². The highest BCUT2D eigenvalue weighted by atomic mass is 35.5. The third kappa shape index (κ3) is 3.49. The Labute approximate surface area is 149 Å². The minimum absolute atomic E-state index is 0.0965. The second-order valence-electron chi connectivity index (χ2n) is 5.48. The van der Waals surface area contributed by atoms with Crippen molar-refractivity contribution in [2.75, 3.05) is 5.75 Å². The van der Waals surface area contributed by atoms with Gasteiger partial charge in [0.2, 0.25) is 0 Å². The van der Waals surface area contributed by atoms with Crippen LogP contribution in [0.5, 0.6) is 0 Å². The van der Waals surface area contributed by atoms with Gasteiger partial charge in [0.05, 0.1) is 12.7 Å². The van der Waals surface area contributed by atoms with Gasteiger partial charge in [-0.25, -0.2) is 4.98 Å². The lowest BCUT2D eigenvalue weighted by Gasteiger charge is -2.11. The van der Waals surface area contributed by atoms with Crippen LogP contribution in [0, 0.1) is 0 Å². The summed E-state index contributed by atoms with van der Waals surface area (Å²) in [6.07, 6.45) is 2.85. The van der Waals surface area contributed by atoms with Crippen molar-refractivity contribution in [3.05, 3.63) is 51.4 Å². The number of hydrogen-bond acceptors (Lipinski definition) is 4. The van der Waals surface area contributed by atoms with Crippen LogP contribution in [-0.2, 0) is 13.1 Å². The molecule has 126 valence electrons. The summed E-state index contributed by atoms with van der Waals surface area (Å²) in [5, 5.41) is 5.78. The van der Waals surface area contributed by atoms with E-state index in [9.17, 15) is 4.79 Å². The van der Waals surface area contributed by atoms with Crippen LogP contribution in [-0.4, -0.2) is 25.1 Å². The molecule has 2 heterocycles. The van der Waals surface area contributed by atoms with Crippen molar-refractivity contribution in [3.8, 4) is 0 Å². The molecule has 0 saturated heterocycles. The Morgan fingerprint density at radius 2 is 1.96 bits per heavy atom. The van der Waals surface area contributed by atoms with Crippen molar-refractivity contribution < 1.29 is 0 Å². The molecular weight excluding hydrogens is 344 g/mol. The Morgan fingerprint density at radius 1 is 1.21 bits per heavy atom. The minimum atomic E-state index is -0.0965. The van der Waals surface area contributed by atoms with Crippen LogP contribution in [0.4, 0.5) is 0 Å². The van der Waals surface area contributed by atoms with Crippen molar-refractivity contribution in [2.45, 2.75) is 38.5 Å². The number of halogens is 1. The highest BCUT2D eigenvalue weighted by Crippen LogP contribution is 2.19. The first-order valence-electron chi connectivity index (χ1n) is 7.97. The van der Waals surface area contributed by atoms with Gasteiger partial charge in [-0.2, -0.15) is 5.10 Å². The molecule has 0 aliphatic heterocycles. The molecule has 3 aromatic rings. The fourth-order valence-corrected chi connectivity index (χ4v) is 3.38. The van der Waals surface area contributed by atoms with Gasteiger partial charge in [-0.3, -0.25) is 14.0 Å². The Kier molecular flexibility index (Phi) is 5.26. The quantitative estimate of drug-likeness (QED) is 0.494. The van der Waals surface area contributed by atoms with Crippen molar-refractivity contribution in [1.82, 2.24) is 19.3 Å². The fourth-order valence-electron chi connectivity index (χ4n) is 2.40. The third-order valence-electron chi connectivity index (χ3n) is 3.65. The molecule has 0 fully saturated rings. The lowest BCUT2D eigenvalue weighted by Crippen LogP contribution is -2.24. The average molecular weight is 363 g/mol.